The summed E-state index contributed by atoms with van der Waals surface area (Å²) >= 11 is 0. The summed E-state index contributed by atoms with van der Waals surface area (Å²) in [6.07, 6.45) is 1.74. The molecule has 7 nitrogen and oxygen atoms in total. The molecule has 0 bridgehead atoms. The van der Waals surface area contributed by atoms with Gasteiger partial charge < -0.3 is 25.4 Å². The highest BCUT2D eigenvalue weighted by Crippen LogP contribution is 2.29. The molecule has 0 spiro atoms. The highest BCUT2D eigenvalue weighted by Gasteiger charge is 2.11. The van der Waals surface area contributed by atoms with Gasteiger partial charge in [0.1, 0.15) is 12.4 Å². The Morgan fingerprint density at radius 3 is 2.50 bits per heavy atom. The minimum Gasteiger partial charge on any atom is -0.487 e. The van der Waals surface area contributed by atoms with Crippen LogP contribution in [0.5, 0.6) is 5.75 Å². The van der Waals surface area contributed by atoms with Crippen LogP contribution in [0.15, 0.2) is 85.1 Å². The van der Waals surface area contributed by atoms with E-state index in [1.165, 1.54) is 5.69 Å². The van der Waals surface area contributed by atoms with Crippen molar-refractivity contribution in [1.29, 1.82) is 0 Å². The molecule has 0 saturated carbocycles. The molecule has 5 rings (SSSR count). The molecule has 3 N–H and O–H groups in total. The van der Waals surface area contributed by atoms with E-state index < -0.39 is 0 Å². The number of nitrogens with zero attached hydrogens (tertiary/aromatic N) is 3. The second kappa shape index (κ2) is 10.2. The van der Waals surface area contributed by atoms with Gasteiger partial charge in [-0.1, -0.05) is 30.3 Å². The average Bonchev–Trinajstić information content (AvgIpc) is 2.90. The summed E-state index contributed by atoms with van der Waals surface area (Å²) in [5, 5.41) is 3.29. The zero-order chi connectivity index (χ0) is 23.2. The average molecular weight is 454 g/mol. The Kier molecular flexibility index (Phi) is 6.54. The van der Waals surface area contributed by atoms with Crippen LogP contribution in [0, 0.1) is 0 Å². The van der Waals surface area contributed by atoms with Crippen molar-refractivity contribution in [2.24, 2.45) is 0 Å². The fraction of sp³-hybridized carbons (Fsp3) is 0.185. The summed E-state index contributed by atoms with van der Waals surface area (Å²) in [6.45, 7) is 3.83. The van der Waals surface area contributed by atoms with Crippen molar-refractivity contribution >= 4 is 23.0 Å². The molecule has 4 aromatic rings. The van der Waals surface area contributed by atoms with Crippen LogP contribution in [0.3, 0.4) is 0 Å². The van der Waals surface area contributed by atoms with Gasteiger partial charge in [0.05, 0.1) is 24.6 Å². The molecule has 1 fully saturated rings. The van der Waals surface area contributed by atoms with Crippen LogP contribution >= 0.6 is 0 Å². The predicted octanol–water partition coefficient (Wildman–Crippen LogP) is 4.89. The van der Waals surface area contributed by atoms with Crippen molar-refractivity contribution in [3.05, 3.63) is 90.6 Å². The van der Waals surface area contributed by atoms with Crippen LogP contribution in [0.2, 0.25) is 0 Å². The van der Waals surface area contributed by atoms with Gasteiger partial charge in [0.2, 0.25) is 5.95 Å². The fourth-order valence-electron chi connectivity index (χ4n) is 3.86. The first kappa shape index (κ1) is 21.7. The first-order valence-electron chi connectivity index (χ1n) is 11.3. The summed E-state index contributed by atoms with van der Waals surface area (Å²) in [5.74, 6) is 1.18. The Bertz CT molecular complexity index is 1230. The first-order chi connectivity index (χ1) is 16.7. The molecule has 1 saturated heterocycles. The van der Waals surface area contributed by atoms with E-state index in [-0.39, 0.29) is 0 Å². The Morgan fingerprint density at radius 1 is 0.941 bits per heavy atom. The second-order valence-corrected chi connectivity index (χ2v) is 8.06. The molecule has 0 amide bonds. The van der Waals surface area contributed by atoms with Gasteiger partial charge in [-0.2, -0.15) is 0 Å². The van der Waals surface area contributed by atoms with Crippen LogP contribution < -0.4 is 20.7 Å². The van der Waals surface area contributed by atoms with E-state index in [1.807, 2.05) is 66.7 Å². The lowest BCUT2D eigenvalue weighted by atomic mass is 10.1. The smallest absolute Gasteiger partial charge is 0.227 e. The van der Waals surface area contributed by atoms with Crippen molar-refractivity contribution in [2.45, 2.75) is 6.61 Å². The van der Waals surface area contributed by atoms with Crippen LogP contribution in [-0.2, 0) is 11.3 Å². The molecule has 2 heterocycles. The Hall–Kier alpha value is -4.10. The first-order valence-corrected chi connectivity index (χ1v) is 11.3. The van der Waals surface area contributed by atoms with Crippen LogP contribution in [0.4, 0.5) is 23.0 Å². The Balaban J connectivity index is 1.26. The number of benzene rings is 3. The molecule has 0 atom stereocenters. The van der Waals surface area contributed by atoms with Crippen molar-refractivity contribution in [2.75, 3.05) is 42.3 Å². The molecule has 1 aromatic heterocycles. The summed E-state index contributed by atoms with van der Waals surface area (Å²) in [6, 6.07) is 25.9. The largest absolute Gasteiger partial charge is 0.487 e. The number of hydrogen-bond acceptors (Lipinski definition) is 7. The molecule has 0 radical (unpaired) electrons. The Labute approximate surface area is 199 Å². The summed E-state index contributed by atoms with van der Waals surface area (Å²) < 4.78 is 11.3. The number of nitrogens with two attached hydrogens (primary N) is 1. The van der Waals surface area contributed by atoms with E-state index in [2.05, 4.69) is 32.3 Å². The topological polar surface area (TPSA) is 85.5 Å². The van der Waals surface area contributed by atoms with E-state index in [0.717, 1.165) is 48.8 Å². The second-order valence-electron chi connectivity index (χ2n) is 8.06. The molecular formula is C27H27N5O2. The maximum atomic E-state index is 6.26. The predicted molar refractivity (Wildman–Crippen MR) is 135 cm³/mol. The van der Waals surface area contributed by atoms with Crippen molar-refractivity contribution in [3.63, 3.8) is 0 Å². The number of ether oxygens (including phenoxy) is 2. The van der Waals surface area contributed by atoms with E-state index in [0.29, 0.717) is 24.0 Å². The lowest BCUT2D eigenvalue weighted by Gasteiger charge is -2.28. The minimum absolute atomic E-state index is 0.469. The molecule has 34 heavy (non-hydrogen) atoms. The Morgan fingerprint density at radius 2 is 1.74 bits per heavy atom. The quantitative estimate of drug-likeness (QED) is 0.386. The number of morpholine rings is 1. The van der Waals surface area contributed by atoms with Gasteiger partial charge in [0.15, 0.2) is 0 Å². The lowest BCUT2D eigenvalue weighted by molar-refractivity contribution is 0.122. The number of nitrogen functional groups attached to an aromatic ring is 1. The number of rotatable bonds is 7. The summed E-state index contributed by atoms with van der Waals surface area (Å²) in [5.41, 5.74) is 11.7. The zero-order valence-electron chi connectivity index (χ0n) is 18.9. The number of anilines is 4. The zero-order valence-corrected chi connectivity index (χ0v) is 18.9. The lowest BCUT2D eigenvalue weighted by Crippen LogP contribution is -2.36. The molecule has 1 aliphatic rings. The van der Waals surface area contributed by atoms with Gasteiger partial charge >= 0.3 is 0 Å². The third-order valence-corrected chi connectivity index (χ3v) is 5.70. The van der Waals surface area contributed by atoms with Crippen molar-refractivity contribution in [3.8, 4) is 17.0 Å². The van der Waals surface area contributed by atoms with Crippen LogP contribution in [0.1, 0.15) is 5.56 Å². The highest BCUT2D eigenvalue weighted by atomic mass is 16.5. The third-order valence-electron chi connectivity index (χ3n) is 5.70. The highest BCUT2D eigenvalue weighted by molar-refractivity contribution is 5.69. The van der Waals surface area contributed by atoms with E-state index in [1.54, 1.807) is 6.20 Å². The van der Waals surface area contributed by atoms with Gasteiger partial charge in [-0.05, 0) is 54.1 Å². The maximum absolute atomic E-state index is 6.26. The monoisotopic (exact) mass is 453 g/mol. The summed E-state index contributed by atoms with van der Waals surface area (Å²) in [7, 11) is 0. The van der Waals surface area contributed by atoms with E-state index >= 15 is 0 Å². The summed E-state index contributed by atoms with van der Waals surface area (Å²) in [4.78, 5) is 11.4. The molecule has 0 unspecified atom stereocenters. The third kappa shape index (κ3) is 5.27. The molecule has 7 heteroatoms. The molecule has 3 aromatic carbocycles. The SMILES string of the molecule is Nc1cc(-c2ccnc(Nc3ccc(N4CCOCC4)cc3)n2)ccc1OCc1ccccc1. The van der Waals surface area contributed by atoms with Gasteiger partial charge in [-0.25, -0.2) is 9.97 Å². The minimum atomic E-state index is 0.469. The van der Waals surface area contributed by atoms with Gasteiger partial charge in [-0.3, -0.25) is 0 Å². The number of hydrogen-bond donors (Lipinski definition) is 2. The van der Waals surface area contributed by atoms with Gasteiger partial charge in [0, 0.05) is 36.2 Å². The van der Waals surface area contributed by atoms with Crippen molar-refractivity contribution < 1.29 is 9.47 Å². The molecule has 172 valence electrons. The molecular weight excluding hydrogens is 426 g/mol. The van der Waals surface area contributed by atoms with Crippen LogP contribution in [-0.4, -0.2) is 36.3 Å². The maximum Gasteiger partial charge on any atom is 0.227 e. The molecule has 0 aliphatic carbocycles. The van der Waals surface area contributed by atoms with E-state index in [9.17, 15) is 0 Å². The molecule has 1 aliphatic heterocycles. The number of nitrogens with one attached hydrogen (secondary N) is 1. The van der Waals surface area contributed by atoms with Crippen LogP contribution in [0.25, 0.3) is 11.3 Å². The van der Waals surface area contributed by atoms with E-state index in [4.69, 9.17) is 15.2 Å². The normalized spacial score (nSPS) is 13.5. The van der Waals surface area contributed by atoms with Crippen molar-refractivity contribution in [1.82, 2.24) is 9.97 Å². The van der Waals surface area contributed by atoms with Gasteiger partial charge in [0.25, 0.3) is 0 Å². The standard InChI is InChI=1S/C27H27N5O2/c28-24-18-21(6-11-26(24)34-19-20-4-2-1-3-5-20)25-12-13-29-27(31-25)30-22-7-9-23(10-8-22)32-14-16-33-17-15-32/h1-13,18H,14-17,19,28H2,(H,29,30,31). The van der Waals surface area contributed by atoms with Gasteiger partial charge in [-0.15, -0.1) is 0 Å². The number of aromatic nitrogens is 2. The fourth-order valence-corrected chi connectivity index (χ4v) is 3.86.